The molecule has 17 atom stereocenters. The predicted molar refractivity (Wildman–Crippen MR) is 286 cm³/mol. The fraction of sp³-hybridized carbons (Fsp3) is 0.821. The molecule has 4 heterocycles. The lowest BCUT2D eigenvalue weighted by Gasteiger charge is -2.46. The number of nitrogens with zero attached hydrogens (tertiary/aromatic N) is 3. The van der Waals surface area contributed by atoms with Gasteiger partial charge in [0.15, 0.2) is 12.6 Å². The zero-order valence-corrected chi connectivity index (χ0v) is 47.3. The molecule has 4 aliphatic heterocycles. The Hall–Kier alpha value is -3.03. The minimum Gasteiger partial charge on any atom is -0.459 e. The number of likely N-dealkylation sites (N-methyl/N-ethyl adjacent to an activating group) is 1. The number of aliphatic hydroxyl groups is 5. The van der Waals surface area contributed by atoms with E-state index in [-0.39, 0.29) is 41.8 Å². The average Bonchev–Trinajstić information content (AvgIpc) is 3.36. The highest BCUT2D eigenvalue weighted by Crippen LogP contribution is 2.40. The molecule has 18 heteroatoms. The number of nitrogens with one attached hydrogen (secondary N) is 2. The standard InChI is InChI=1S/C31H59NO8.C23H37FN4O4.C2H2/c1-13-23-31(10,36)26(33)21(5)32(11)17-18(2)14-29(7,8)15-19(3)25(20(4)28(35)39-23)40-24-16-30(9,37-12)27(34)22(6)38-24;1-16-13-19(14-22(30)32-16)27(2)10-7-21(29)26-20(15-24)23(31)17-3-5-18(6-4-17)28-11-8-25-9-12-28;1-2/h18-27,33-34,36H,13-17H2,1-12H3;3-6,16,19-20,22-23,25,30-31H,7-15H2,1-2H3,(H,26,29);1-2H/t18-,19-,20?,21-,22+,23-,24+,25+,26?,27+,30-,31-;16-,19+,20?,22?,23-;/m11./s1. The summed E-state index contributed by atoms with van der Waals surface area (Å²) in [7, 11) is 5.44. The Morgan fingerprint density at radius 2 is 1.59 bits per heavy atom. The maximum atomic E-state index is 13.7. The molecular formula is C56H98FN5O12. The van der Waals surface area contributed by atoms with Crippen LogP contribution in [0.15, 0.2) is 24.3 Å². The van der Waals surface area contributed by atoms with Crippen LogP contribution in [0.5, 0.6) is 0 Å². The van der Waals surface area contributed by atoms with Crippen LogP contribution in [0.3, 0.4) is 0 Å². The first-order valence-corrected chi connectivity index (χ1v) is 27.0. The van der Waals surface area contributed by atoms with Crippen molar-refractivity contribution in [2.45, 2.75) is 206 Å². The number of anilines is 1. The van der Waals surface area contributed by atoms with Crippen molar-refractivity contribution in [1.29, 1.82) is 0 Å². The van der Waals surface area contributed by atoms with Gasteiger partial charge in [-0.3, -0.25) is 9.59 Å². The van der Waals surface area contributed by atoms with E-state index in [1.165, 1.54) is 0 Å². The number of carbonyl (C=O) groups excluding carboxylic acids is 2. The molecule has 0 bridgehead atoms. The van der Waals surface area contributed by atoms with Crippen molar-refractivity contribution in [3.05, 3.63) is 29.8 Å². The smallest absolute Gasteiger partial charge is 0.311 e. The third-order valence-corrected chi connectivity index (χ3v) is 16.0. The maximum absolute atomic E-state index is 13.7. The van der Waals surface area contributed by atoms with E-state index in [0.29, 0.717) is 37.3 Å². The van der Waals surface area contributed by atoms with Gasteiger partial charge in [-0.25, -0.2) is 4.39 Å². The Bertz CT molecular complexity index is 1830. The highest BCUT2D eigenvalue weighted by Gasteiger charge is 2.49. The lowest BCUT2D eigenvalue weighted by molar-refractivity contribution is -0.296. The minimum atomic E-state index is -1.65. The minimum absolute atomic E-state index is 0.0303. The van der Waals surface area contributed by atoms with E-state index in [0.717, 1.165) is 57.7 Å². The normalized spacial score (nSPS) is 36.6. The van der Waals surface area contributed by atoms with Crippen LogP contribution < -0.4 is 15.5 Å². The van der Waals surface area contributed by atoms with E-state index in [9.17, 15) is 39.5 Å². The fourth-order valence-electron chi connectivity index (χ4n) is 11.6. The monoisotopic (exact) mass is 1050 g/mol. The molecule has 0 radical (unpaired) electrons. The highest BCUT2D eigenvalue weighted by molar-refractivity contribution is 5.76. The van der Waals surface area contributed by atoms with E-state index in [1.54, 1.807) is 40.0 Å². The molecule has 5 rings (SSSR count). The number of esters is 1. The third kappa shape index (κ3) is 18.3. The summed E-state index contributed by atoms with van der Waals surface area (Å²) in [5, 5.41) is 59.8. The second-order valence-electron chi connectivity index (χ2n) is 23.0. The molecule has 1 aromatic carbocycles. The summed E-state index contributed by atoms with van der Waals surface area (Å²) in [6.45, 7) is 25.5. The molecular weight excluding hydrogens is 954 g/mol. The second kappa shape index (κ2) is 29.6. The Kier molecular flexibility index (Phi) is 26.1. The molecule has 0 saturated carbocycles. The van der Waals surface area contributed by atoms with Gasteiger partial charge >= 0.3 is 5.97 Å². The molecule has 0 spiro atoms. The zero-order valence-electron chi connectivity index (χ0n) is 47.3. The van der Waals surface area contributed by atoms with Crippen LogP contribution in [0.25, 0.3) is 0 Å². The van der Waals surface area contributed by atoms with Crippen LogP contribution in [-0.4, -0.2) is 193 Å². The molecule has 7 N–H and O–H groups in total. The van der Waals surface area contributed by atoms with Crippen molar-refractivity contribution < 1.29 is 63.2 Å². The molecule has 1 aromatic rings. The van der Waals surface area contributed by atoms with Crippen LogP contribution in [0.1, 0.15) is 133 Å². The van der Waals surface area contributed by atoms with Gasteiger partial charge in [0.25, 0.3) is 0 Å². The number of halogens is 1. The van der Waals surface area contributed by atoms with Gasteiger partial charge in [0.05, 0.1) is 35.9 Å². The van der Waals surface area contributed by atoms with Gasteiger partial charge in [-0.1, -0.05) is 46.8 Å². The predicted octanol–water partition coefficient (Wildman–Crippen LogP) is 4.80. The number of carbonyl (C=O) groups is 2. The second-order valence-corrected chi connectivity index (χ2v) is 23.0. The number of rotatable bonds is 13. The molecule has 4 saturated heterocycles. The number of benzene rings is 1. The van der Waals surface area contributed by atoms with Crippen LogP contribution >= 0.6 is 0 Å². The SMILES string of the molecule is C#C.CC[C@H]1OC(=O)C(C)[C@@H](O[C@H]2C[C@@](C)(OC)[C@@H](O)[C@H](C)O2)[C@H](C)CC(C)(C)C[C@@H](C)CN(C)[C@H](C)C(O)[C@]1(C)O.C[C@@H]1C[C@H](N(C)CCC(=O)NC(CF)[C@H](O)c2ccc(N3CCNCC3)cc2)CC(O)O1. The van der Waals surface area contributed by atoms with Gasteiger partial charge in [0, 0.05) is 83.4 Å². The average molecular weight is 1050 g/mol. The fourth-order valence-corrected chi connectivity index (χ4v) is 11.6. The number of methoxy groups -OCH3 is 1. The molecule has 17 nitrogen and oxygen atoms in total. The quantitative estimate of drug-likeness (QED) is 0.104. The third-order valence-electron chi connectivity index (χ3n) is 16.0. The first-order chi connectivity index (χ1) is 34.7. The van der Waals surface area contributed by atoms with E-state index in [2.05, 4.69) is 61.0 Å². The molecule has 0 aliphatic carbocycles. The van der Waals surface area contributed by atoms with Gasteiger partial charge < -0.3 is 74.6 Å². The Labute approximate surface area is 443 Å². The number of piperazine rings is 1. The zero-order chi connectivity index (χ0) is 55.9. The summed E-state index contributed by atoms with van der Waals surface area (Å²) in [6, 6.07) is 6.23. The van der Waals surface area contributed by atoms with Crippen molar-refractivity contribution in [2.75, 3.05) is 72.0 Å². The van der Waals surface area contributed by atoms with E-state index >= 15 is 0 Å². The summed E-state index contributed by atoms with van der Waals surface area (Å²) in [5.41, 5.74) is -0.911. The first-order valence-electron chi connectivity index (χ1n) is 27.0. The lowest BCUT2D eigenvalue weighted by Crippen LogP contribution is -2.59. The summed E-state index contributed by atoms with van der Waals surface area (Å²) < 4.78 is 43.3. The van der Waals surface area contributed by atoms with Gasteiger partial charge in [0.1, 0.15) is 36.7 Å². The molecule has 74 heavy (non-hydrogen) atoms. The summed E-state index contributed by atoms with van der Waals surface area (Å²) in [5.74, 6) is -1.17. The molecule has 4 unspecified atom stereocenters. The van der Waals surface area contributed by atoms with Gasteiger partial charge in [-0.05, 0) is 116 Å². The van der Waals surface area contributed by atoms with Crippen LogP contribution in [0, 0.1) is 36.0 Å². The summed E-state index contributed by atoms with van der Waals surface area (Å²) >= 11 is 0. The van der Waals surface area contributed by atoms with Crippen LogP contribution in [0.2, 0.25) is 0 Å². The summed E-state index contributed by atoms with van der Waals surface area (Å²) in [4.78, 5) is 32.4. The van der Waals surface area contributed by atoms with Gasteiger partial charge in [0.2, 0.25) is 5.91 Å². The number of amides is 1. The number of alkyl halides is 1. The lowest BCUT2D eigenvalue weighted by atomic mass is 9.74. The Morgan fingerprint density at radius 3 is 2.16 bits per heavy atom. The molecule has 426 valence electrons. The number of terminal acetylenes is 1. The topological polar surface area (TPSA) is 215 Å². The van der Waals surface area contributed by atoms with Crippen molar-refractivity contribution in [3.63, 3.8) is 0 Å². The largest absolute Gasteiger partial charge is 0.459 e. The van der Waals surface area contributed by atoms with Gasteiger partial charge in [-0.2, -0.15) is 0 Å². The Morgan fingerprint density at radius 1 is 0.973 bits per heavy atom. The number of ether oxygens (including phenoxy) is 5. The van der Waals surface area contributed by atoms with Gasteiger partial charge in [-0.15, -0.1) is 12.8 Å². The highest BCUT2D eigenvalue weighted by atomic mass is 19.1. The number of hydrogen-bond donors (Lipinski definition) is 7. The Balaban J connectivity index is 0.000000386. The molecule has 4 fully saturated rings. The number of cyclic esters (lactones) is 1. The first kappa shape index (κ1) is 65.3. The molecule has 4 aliphatic rings. The van der Waals surface area contributed by atoms with Crippen molar-refractivity contribution in [2.24, 2.45) is 23.2 Å². The van der Waals surface area contributed by atoms with Crippen molar-refractivity contribution >= 4 is 17.6 Å². The maximum Gasteiger partial charge on any atom is 0.311 e. The van der Waals surface area contributed by atoms with E-state index < -0.39 is 85.0 Å². The number of hydrogen-bond acceptors (Lipinski definition) is 16. The van der Waals surface area contributed by atoms with Crippen molar-refractivity contribution in [3.8, 4) is 12.8 Å². The number of aliphatic hydroxyl groups excluding tert-OH is 4. The van der Waals surface area contributed by atoms with Crippen LogP contribution in [0.4, 0.5) is 10.1 Å². The van der Waals surface area contributed by atoms with E-state index in [1.807, 2.05) is 58.8 Å². The van der Waals surface area contributed by atoms with Crippen LogP contribution in [-0.2, 0) is 33.3 Å². The molecule has 1 amide bonds. The molecule has 0 aromatic heterocycles. The van der Waals surface area contributed by atoms with E-state index in [4.69, 9.17) is 23.7 Å². The van der Waals surface area contributed by atoms with Crippen molar-refractivity contribution in [1.82, 2.24) is 20.4 Å². The summed E-state index contributed by atoms with van der Waals surface area (Å²) in [6.07, 6.45) is 5.33.